The second kappa shape index (κ2) is 8.42. The standard InChI is InChI=1S/C16H25N3O2/c1-5-12(2)18-15(20)11-19(4)10-13-6-8-14(9-7-13)16(21)17-3/h6-9,12H,5,10-11H2,1-4H3,(H,17,21)(H,18,20)/t12-/m0/s1. The monoisotopic (exact) mass is 291 g/mol. The van der Waals surface area contributed by atoms with Gasteiger partial charge in [-0.3, -0.25) is 14.5 Å². The van der Waals surface area contributed by atoms with Crippen molar-refractivity contribution in [1.29, 1.82) is 0 Å². The molecule has 0 unspecified atom stereocenters. The van der Waals surface area contributed by atoms with Crippen molar-refractivity contribution in [2.75, 3.05) is 20.6 Å². The molecule has 2 N–H and O–H groups in total. The Hall–Kier alpha value is -1.88. The van der Waals surface area contributed by atoms with Crippen LogP contribution in [-0.4, -0.2) is 43.4 Å². The van der Waals surface area contributed by atoms with Crippen molar-refractivity contribution < 1.29 is 9.59 Å². The molecule has 5 nitrogen and oxygen atoms in total. The Bertz CT molecular complexity index is 471. The number of rotatable bonds is 7. The van der Waals surface area contributed by atoms with E-state index < -0.39 is 0 Å². The molecule has 21 heavy (non-hydrogen) atoms. The number of benzene rings is 1. The van der Waals surface area contributed by atoms with Crippen molar-refractivity contribution in [3.8, 4) is 0 Å². The fraction of sp³-hybridized carbons (Fsp3) is 0.500. The third kappa shape index (κ3) is 5.95. The molecule has 5 heteroatoms. The van der Waals surface area contributed by atoms with Gasteiger partial charge in [0.2, 0.25) is 5.91 Å². The Balaban J connectivity index is 2.49. The number of hydrogen-bond donors (Lipinski definition) is 2. The Morgan fingerprint density at radius 1 is 1.24 bits per heavy atom. The number of nitrogens with zero attached hydrogens (tertiary/aromatic N) is 1. The van der Waals surface area contributed by atoms with Gasteiger partial charge in [0, 0.05) is 25.2 Å². The first-order valence-corrected chi connectivity index (χ1v) is 7.25. The Morgan fingerprint density at radius 2 is 1.86 bits per heavy atom. The van der Waals surface area contributed by atoms with E-state index in [4.69, 9.17) is 0 Å². The molecule has 0 saturated carbocycles. The number of carbonyl (C=O) groups is 2. The number of nitrogens with one attached hydrogen (secondary N) is 2. The molecule has 0 aliphatic rings. The molecule has 1 rings (SSSR count). The third-order valence-corrected chi connectivity index (χ3v) is 3.33. The smallest absolute Gasteiger partial charge is 0.251 e. The van der Waals surface area contributed by atoms with E-state index in [-0.39, 0.29) is 17.9 Å². The van der Waals surface area contributed by atoms with Crippen LogP contribution in [0.1, 0.15) is 36.2 Å². The SMILES string of the molecule is CC[C@H](C)NC(=O)CN(C)Cc1ccc(C(=O)NC)cc1. The lowest BCUT2D eigenvalue weighted by molar-refractivity contribution is -0.122. The fourth-order valence-corrected chi connectivity index (χ4v) is 1.94. The van der Waals surface area contributed by atoms with Crippen molar-refractivity contribution in [2.45, 2.75) is 32.9 Å². The quantitative estimate of drug-likeness (QED) is 0.798. The van der Waals surface area contributed by atoms with Gasteiger partial charge in [0.25, 0.3) is 5.91 Å². The normalized spacial score (nSPS) is 12.0. The topological polar surface area (TPSA) is 61.4 Å². The summed E-state index contributed by atoms with van der Waals surface area (Å²) >= 11 is 0. The van der Waals surface area contributed by atoms with Crippen LogP contribution in [0.3, 0.4) is 0 Å². The molecule has 0 spiro atoms. The van der Waals surface area contributed by atoms with Crippen molar-refractivity contribution in [2.24, 2.45) is 0 Å². The molecule has 0 aliphatic heterocycles. The minimum absolute atomic E-state index is 0.0360. The second-order valence-electron chi connectivity index (χ2n) is 5.33. The molecule has 0 aliphatic carbocycles. The molecule has 0 bridgehead atoms. The van der Waals surface area contributed by atoms with Gasteiger partial charge in [-0.05, 0) is 38.1 Å². The number of likely N-dealkylation sites (N-methyl/N-ethyl adjacent to an activating group) is 1. The van der Waals surface area contributed by atoms with Crippen LogP contribution in [0.4, 0.5) is 0 Å². The predicted molar refractivity (Wildman–Crippen MR) is 84.1 cm³/mol. The van der Waals surface area contributed by atoms with Crippen molar-refractivity contribution in [3.05, 3.63) is 35.4 Å². The van der Waals surface area contributed by atoms with Gasteiger partial charge < -0.3 is 10.6 Å². The van der Waals surface area contributed by atoms with E-state index in [9.17, 15) is 9.59 Å². The zero-order valence-corrected chi connectivity index (χ0v) is 13.3. The largest absolute Gasteiger partial charge is 0.355 e. The van der Waals surface area contributed by atoms with Gasteiger partial charge in [-0.1, -0.05) is 19.1 Å². The lowest BCUT2D eigenvalue weighted by atomic mass is 10.1. The Morgan fingerprint density at radius 3 is 2.38 bits per heavy atom. The summed E-state index contributed by atoms with van der Waals surface area (Å²) in [6.07, 6.45) is 0.927. The fourth-order valence-electron chi connectivity index (χ4n) is 1.94. The van der Waals surface area contributed by atoms with Gasteiger partial charge in [-0.25, -0.2) is 0 Å². The van der Waals surface area contributed by atoms with Crippen LogP contribution in [-0.2, 0) is 11.3 Å². The third-order valence-electron chi connectivity index (χ3n) is 3.33. The molecule has 0 fully saturated rings. The molecule has 0 radical (unpaired) electrons. The molecule has 2 amide bonds. The van der Waals surface area contributed by atoms with Crippen molar-refractivity contribution in [1.82, 2.24) is 15.5 Å². The first kappa shape index (κ1) is 17.2. The lowest BCUT2D eigenvalue weighted by Gasteiger charge is -2.18. The number of hydrogen-bond acceptors (Lipinski definition) is 3. The van der Waals surface area contributed by atoms with E-state index in [0.29, 0.717) is 18.7 Å². The zero-order chi connectivity index (χ0) is 15.8. The van der Waals surface area contributed by atoms with Crippen molar-refractivity contribution in [3.63, 3.8) is 0 Å². The summed E-state index contributed by atoms with van der Waals surface area (Å²) in [4.78, 5) is 25.2. The first-order valence-electron chi connectivity index (χ1n) is 7.25. The molecule has 1 aromatic carbocycles. The van der Waals surface area contributed by atoms with E-state index in [0.717, 1.165) is 12.0 Å². The van der Waals surface area contributed by atoms with Gasteiger partial charge in [0.05, 0.1) is 6.54 Å². The van der Waals surface area contributed by atoms with Gasteiger partial charge in [0.15, 0.2) is 0 Å². The maximum absolute atomic E-state index is 11.8. The Kier molecular flexibility index (Phi) is 6.88. The molecule has 0 saturated heterocycles. The highest BCUT2D eigenvalue weighted by Gasteiger charge is 2.09. The van der Waals surface area contributed by atoms with E-state index in [2.05, 4.69) is 10.6 Å². The summed E-state index contributed by atoms with van der Waals surface area (Å²) < 4.78 is 0. The van der Waals surface area contributed by atoms with Gasteiger partial charge in [-0.2, -0.15) is 0 Å². The average Bonchev–Trinajstić information content (AvgIpc) is 2.46. The van der Waals surface area contributed by atoms with Crippen LogP contribution < -0.4 is 10.6 Å². The highest BCUT2D eigenvalue weighted by molar-refractivity contribution is 5.93. The maximum Gasteiger partial charge on any atom is 0.251 e. The van der Waals surface area contributed by atoms with E-state index >= 15 is 0 Å². The highest BCUT2D eigenvalue weighted by atomic mass is 16.2. The maximum atomic E-state index is 11.8. The number of carbonyl (C=O) groups excluding carboxylic acids is 2. The zero-order valence-electron chi connectivity index (χ0n) is 13.3. The number of amides is 2. The van der Waals surface area contributed by atoms with Crippen LogP contribution in [0.2, 0.25) is 0 Å². The first-order chi connectivity index (χ1) is 9.96. The summed E-state index contributed by atoms with van der Waals surface area (Å²) in [6, 6.07) is 7.61. The second-order valence-corrected chi connectivity index (χ2v) is 5.33. The Labute approximate surface area is 126 Å². The predicted octanol–water partition coefficient (Wildman–Crippen LogP) is 1.39. The summed E-state index contributed by atoms with van der Waals surface area (Å²) in [6.45, 7) is 5.07. The van der Waals surface area contributed by atoms with Gasteiger partial charge >= 0.3 is 0 Å². The van der Waals surface area contributed by atoms with Crippen LogP contribution in [0, 0.1) is 0 Å². The summed E-state index contributed by atoms with van der Waals surface area (Å²) in [5, 5.41) is 5.53. The van der Waals surface area contributed by atoms with Crippen LogP contribution in [0.15, 0.2) is 24.3 Å². The molecule has 1 aromatic rings. The van der Waals surface area contributed by atoms with Gasteiger partial charge in [0.1, 0.15) is 0 Å². The average molecular weight is 291 g/mol. The summed E-state index contributed by atoms with van der Waals surface area (Å²) in [5.74, 6) is -0.0586. The summed E-state index contributed by atoms with van der Waals surface area (Å²) in [7, 11) is 3.52. The molecule has 0 heterocycles. The molecule has 0 aromatic heterocycles. The minimum atomic E-state index is -0.0946. The molecular weight excluding hydrogens is 266 g/mol. The molecule has 116 valence electrons. The van der Waals surface area contributed by atoms with E-state index in [1.165, 1.54) is 0 Å². The van der Waals surface area contributed by atoms with Gasteiger partial charge in [-0.15, -0.1) is 0 Å². The highest BCUT2D eigenvalue weighted by Crippen LogP contribution is 2.06. The van der Waals surface area contributed by atoms with E-state index in [1.807, 2.05) is 37.9 Å². The van der Waals surface area contributed by atoms with Crippen LogP contribution in [0.5, 0.6) is 0 Å². The molecule has 1 atom stereocenters. The lowest BCUT2D eigenvalue weighted by Crippen LogP contribution is -2.39. The minimum Gasteiger partial charge on any atom is -0.355 e. The van der Waals surface area contributed by atoms with Crippen LogP contribution in [0.25, 0.3) is 0 Å². The molecular formula is C16H25N3O2. The van der Waals surface area contributed by atoms with Crippen molar-refractivity contribution >= 4 is 11.8 Å². The van der Waals surface area contributed by atoms with Crippen LogP contribution >= 0.6 is 0 Å². The van der Waals surface area contributed by atoms with E-state index in [1.54, 1.807) is 19.2 Å². The summed E-state index contributed by atoms with van der Waals surface area (Å²) in [5.41, 5.74) is 1.71.